The Kier molecular flexibility index (Phi) is 4.34. The number of carbonyl (C=O) groups is 1. The van der Waals surface area contributed by atoms with E-state index >= 15 is 0 Å². The number of fused-ring (bicyclic) bond motifs is 2. The number of benzene rings is 2. The molecule has 2 N–H and O–H groups in total. The van der Waals surface area contributed by atoms with E-state index in [1.807, 2.05) is 6.92 Å². The van der Waals surface area contributed by atoms with Crippen LogP contribution in [0.2, 0.25) is 0 Å². The third-order valence-electron chi connectivity index (χ3n) is 5.37. The third-order valence-corrected chi connectivity index (χ3v) is 6.77. The van der Waals surface area contributed by atoms with Crippen LogP contribution in [0.25, 0.3) is 0 Å². The lowest BCUT2D eigenvalue weighted by molar-refractivity contribution is -0.120. The van der Waals surface area contributed by atoms with Crippen molar-refractivity contribution in [1.29, 1.82) is 0 Å². The summed E-state index contributed by atoms with van der Waals surface area (Å²) in [4.78, 5) is 12.7. The Morgan fingerprint density at radius 1 is 1.11 bits per heavy atom. The Hall–Kier alpha value is -2.54. The lowest BCUT2D eigenvalue weighted by Crippen LogP contribution is -2.31. The highest BCUT2D eigenvalue weighted by atomic mass is 32.2. The highest BCUT2D eigenvalue weighted by Crippen LogP contribution is 2.49. The summed E-state index contributed by atoms with van der Waals surface area (Å²) < 4.78 is 33.4. The van der Waals surface area contributed by atoms with Crippen LogP contribution in [-0.4, -0.2) is 20.9 Å². The maximum absolute atomic E-state index is 12.7. The van der Waals surface area contributed by atoms with Gasteiger partial charge in [-0.1, -0.05) is 12.8 Å². The van der Waals surface area contributed by atoms with E-state index in [1.54, 1.807) is 30.3 Å². The van der Waals surface area contributed by atoms with Crippen molar-refractivity contribution < 1.29 is 17.9 Å². The van der Waals surface area contributed by atoms with Gasteiger partial charge >= 0.3 is 0 Å². The fraction of sp³-hybridized carbons (Fsp3) is 0.350. The SMILES string of the molecule is CCOc1ccc(S(=O)(=O)Nc2ccc3c(c2)C2(CCCC2)C(=O)N3)cc1. The second-order valence-electron chi connectivity index (χ2n) is 7.01. The van der Waals surface area contributed by atoms with Crippen molar-refractivity contribution in [2.24, 2.45) is 0 Å². The van der Waals surface area contributed by atoms with E-state index in [4.69, 9.17) is 4.74 Å². The molecule has 1 saturated carbocycles. The van der Waals surface area contributed by atoms with Crippen LogP contribution in [0.4, 0.5) is 11.4 Å². The number of hydrogen-bond acceptors (Lipinski definition) is 4. The molecule has 0 saturated heterocycles. The van der Waals surface area contributed by atoms with Gasteiger partial charge in [0.05, 0.1) is 16.9 Å². The molecule has 6 nitrogen and oxygen atoms in total. The Morgan fingerprint density at radius 3 is 2.48 bits per heavy atom. The molecular weight excluding hydrogens is 364 g/mol. The van der Waals surface area contributed by atoms with E-state index in [-0.39, 0.29) is 10.8 Å². The summed E-state index contributed by atoms with van der Waals surface area (Å²) >= 11 is 0. The molecule has 7 heteroatoms. The fourth-order valence-electron chi connectivity index (χ4n) is 4.05. The van der Waals surface area contributed by atoms with E-state index in [9.17, 15) is 13.2 Å². The normalized spacial score (nSPS) is 17.6. The zero-order chi connectivity index (χ0) is 19.1. The summed E-state index contributed by atoms with van der Waals surface area (Å²) in [5.74, 6) is 0.656. The molecule has 4 rings (SSSR count). The average Bonchev–Trinajstić information content (AvgIpc) is 3.23. The number of nitrogens with one attached hydrogen (secondary N) is 2. The van der Waals surface area contributed by atoms with Gasteiger partial charge < -0.3 is 10.1 Å². The smallest absolute Gasteiger partial charge is 0.261 e. The van der Waals surface area contributed by atoms with E-state index in [2.05, 4.69) is 10.0 Å². The largest absolute Gasteiger partial charge is 0.494 e. The highest BCUT2D eigenvalue weighted by molar-refractivity contribution is 7.92. The second-order valence-corrected chi connectivity index (χ2v) is 8.70. The number of sulfonamides is 1. The number of carbonyl (C=O) groups excluding carboxylic acids is 1. The molecule has 1 aliphatic carbocycles. The Morgan fingerprint density at radius 2 is 1.81 bits per heavy atom. The minimum absolute atomic E-state index is 0.0292. The van der Waals surface area contributed by atoms with Gasteiger partial charge in [0.15, 0.2) is 0 Å². The lowest BCUT2D eigenvalue weighted by atomic mass is 9.80. The van der Waals surface area contributed by atoms with Crippen LogP contribution in [-0.2, 0) is 20.2 Å². The van der Waals surface area contributed by atoms with Crippen molar-refractivity contribution in [2.75, 3.05) is 16.6 Å². The first-order chi connectivity index (χ1) is 12.9. The summed E-state index contributed by atoms with van der Waals surface area (Å²) in [6.45, 7) is 2.39. The molecule has 0 unspecified atom stereocenters. The van der Waals surface area contributed by atoms with Gasteiger partial charge in [-0.2, -0.15) is 0 Å². The number of rotatable bonds is 5. The monoisotopic (exact) mass is 386 g/mol. The summed E-state index contributed by atoms with van der Waals surface area (Å²) in [7, 11) is -3.72. The first-order valence-electron chi connectivity index (χ1n) is 9.16. The first kappa shape index (κ1) is 17.9. The first-order valence-corrected chi connectivity index (χ1v) is 10.6. The number of amides is 1. The van der Waals surface area contributed by atoms with Crippen molar-refractivity contribution in [3.63, 3.8) is 0 Å². The van der Waals surface area contributed by atoms with Crippen LogP contribution >= 0.6 is 0 Å². The zero-order valence-corrected chi connectivity index (χ0v) is 15.9. The molecule has 2 aromatic carbocycles. The molecule has 2 aromatic rings. The molecule has 1 fully saturated rings. The standard InChI is InChI=1S/C20H22N2O4S/c1-2-26-15-6-8-16(9-7-15)27(24,25)22-14-5-10-18-17(13-14)20(19(23)21-18)11-3-4-12-20/h5-10,13,22H,2-4,11-12H2,1H3,(H,21,23). The molecule has 142 valence electrons. The highest BCUT2D eigenvalue weighted by Gasteiger charge is 2.48. The van der Waals surface area contributed by atoms with Gasteiger partial charge in [0.2, 0.25) is 5.91 Å². The van der Waals surface area contributed by atoms with E-state index < -0.39 is 15.4 Å². The number of hydrogen-bond donors (Lipinski definition) is 2. The second kappa shape index (κ2) is 6.56. The number of ether oxygens (including phenoxy) is 1. The maximum atomic E-state index is 12.7. The molecular formula is C20H22N2O4S. The zero-order valence-electron chi connectivity index (χ0n) is 15.1. The van der Waals surface area contributed by atoms with E-state index in [0.29, 0.717) is 18.0 Å². The van der Waals surface area contributed by atoms with Crippen LogP contribution < -0.4 is 14.8 Å². The van der Waals surface area contributed by atoms with Gasteiger partial charge in [-0.05, 0) is 67.8 Å². The quantitative estimate of drug-likeness (QED) is 0.821. The maximum Gasteiger partial charge on any atom is 0.261 e. The van der Waals surface area contributed by atoms with Gasteiger partial charge in [0.25, 0.3) is 10.0 Å². The molecule has 0 radical (unpaired) electrons. The summed E-state index contributed by atoms with van der Waals surface area (Å²) in [5, 5.41) is 2.94. The minimum Gasteiger partial charge on any atom is -0.494 e. The summed E-state index contributed by atoms with van der Waals surface area (Å²) in [6, 6.07) is 11.6. The van der Waals surface area contributed by atoms with Crippen molar-refractivity contribution in [2.45, 2.75) is 42.9 Å². The molecule has 0 atom stereocenters. The van der Waals surface area contributed by atoms with Gasteiger partial charge in [0.1, 0.15) is 5.75 Å². The van der Waals surface area contributed by atoms with Crippen LogP contribution in [0.3, 0.4) is 0 Å². The van der Waals surface area contributed by atoms with Crippen LogP contribution in [0.15, 0.2) is 47.4 Å². The predicted octanol–water partition coefficient (Wildman–Crippen LogP) is 3.65. The van der Waals surface area contributed by atoms with Gasteiger partial charge in [-0.25, -0.2) is 8.42 Å². The van der Waals surface area contributed by atoms with Gasteiger partial charge in [-0.3, -0.25) is 9.52 Å². The minimum atomic E-state index is -3.72. The third kappa shape index (κ3) is 3.06. The van der Waals surface area contributed by atoms with Crippen molar-refractivity contribution >= 4 is 27.3 Å². The van der Waals surface area contributed by atoms with Crippen molar-refractivity contribution in [3.8, 4) is 5.75 Å². The molecule has 0 bridgehead atoms. The molecule has 1 aliphatic heterocycles. The van der Waals surface area contributed by atoms with Crippen molar-refractivity contribution in [1.82, 2.24) is 0 Å². The predicted molar refractivity (Wildman–Crippen MR) is 104 cm³/mol. The molecule has 27 heavy (non-hydrogen) atoms. The number of anilines is 2. The van der Waals surface area contributed by atoms with Crippen LogP contribution in [0.5, 0.6) is 5.75 Å². The van der Waals surface area contributed by atoms with Gasteiger partial charge in [-0.15, -0.1) is 0 Å². The van der Waals surface area contributed by atoms with E-state index in [0.717, 1.165) is 36.9 Å². The summed E-state index contributed by atoms with van der Waals surface area (Å²) in [6.07, 6.45) is 3.63. The molecule has 0 aromatic heterocycles. The van der Waals surface area contributed by atoms with Crippen molar-refractivity contribution in [3.05, 3.63) is 48.0 Å². The molecule has 1 spiro atoms. The Labute approximate surface area is 159 Å². The van der Waals surface area contributed by atoms with E-state index in [1.165, 1.54) is 12.1 Å². The fourth-order valence-corrected chi connectivity index (χ4v) is 5.10. The molecule has 1 heterocycles. The lowest BCUT2D eigenvalue weighted by Gasteiger charge is -2.21. The molecule has 1 amide bonds. The average molecular weight is 386 g/mol. The Bertz CT molecular complexity index is 978. The van der Waals surface area contributed by atoms with Crippen LogP contribution in [0.1, 0.15) is 38.2 Å². The summed E-state index contributed by atoms with van der Waals surface area (Å²) in [5.41, 5.74) is 1.64. The van der Waals surface area contributed by atoms with Crippen LogP contribution in [0, 0.1) is 0 Å². The molecule has 2 aliphatic rings. The Balaban J connectivity index is 1.62. The topological polar surface area (TPSA) is 84.5 Å². The van der Waals surface area contributed by atoms with Gasteiger partial charge in [0, 0.05) is 11.4 Å².